The zero-order valence-electron chi connectivity index (χ0n) is 10.6. The normalized spacial score (nSPS) is 10.9. The minimum absolute atomic E-state index is 0.509. The second kappa shape index (κ2) is 6.20. The minimum Gasteiger partial charge on any atom is -0.378 e. The first-order valence-electron chi connectivity index (χ1n) is 5.34. The van der Waals surface area contributed by atoms with Gasteiger partial charge >= 0.3 is 0 Å². The lowest BCUT2D eigenvalue weighted by Crippen LogP contribution is -2.29. The maximum Gasteiger partial charge on any atom is 0.186 e. The Bertz CT molecular complexity index is 409. The van der Waals surface area contributed by atoms with Gasteiger partial charge in [0.05, 0.1) is 5.71 Å². The van der Waals surface area contributed by atoms with Crippen LogP contribution in [0.1, 0.15) is 12.5 Å². The highest BCUT2D eigenvalue weighted by Gasteiger charge is 1.99. The fourth-order valence-electron chi connectivity index (χ4n) is 1.26. The first kappa shape index (κ1) is 13.4. The van der Waals surface area contributed by atoms with Crippen LogP contribution < -0.4 is 15.6 Å². The Kier molecular flexibility index (Phi) is 4.90. The summed E-state index contributed by atoms with van der Waals surface area (Å²) in [5, 5.41) is 7.50. The van der Waals surface area contributed by atoms with Crippen molar-refractivity contribution in [1.29, 1.82) is 0 Å². The number of nitrogens with zero attached hydrogens (tertiary/aromatic N) is 2. The summed E-state index contributed by atoms with van der Waals surface area (Å²) in [5.41, 5.74) is 5.90. The fraction of sp³-hybridized carbons (Fsp3) is 0.333. The zero-order valence-corrected chi connectivity index (χ0v) is 11.4. The molecule has 0 bridgehead atoms. The SMILES string of the molecule is CNC(=S)N/N=C(/C)c1ccc(N(C)C)cc1. The topological polar surface area (TPSA) is 39.7 Å². The molecule has 2 N–H and O–H groups in total. The van der Waals surface area contributed by atoms with Gasteiger partial charge in [0.2, 0.25) is 0 Å². The maximum absolute atomic E-state index is 4.94. The molecule has 92 valence electrons. The zero-order chi connectivity index (χ0) is 12.8. The van der Waals surface area contributed by atoms with Crippen molar-refractivity contribution in [3.8, 4) is 0 Å². The summed E-state index contributed by atoms with van der Waals surface area (Å²) < 4.78 is 0. The van der Waals surface area contributed by atoms with Crippen LogP contribution in [-0.2, 0) is 0 Å². The third-order valence-electron chi connectivity index (χ3n) is 2.35. The van der Waals surface area contributed by atoms with E-state index in [1.54, 1.807) is 7.05 Å². The standard InChI is InChI=1S/C12H18N4S/c1-9(14-15-12(17)13-2)10-5-7-11(8-6-10)16(3)4/h5-8H,1-4H3,(H2,13,15,17)/b14-9-. The summed E-state index contributed by atoms with van der Waals surface area (Å²) >= 11 is 4.94. The monoisotopic (exact) mass is 250 g/mol. The number of hydrogen-bond acceptors (Lipinski definition) is 3. The van der Waals surface area contributed by atoms with Crippen LogP contribution in [-0.4, -0.2) is 32.0 Å². The third kappa shape index (κ3) is 4.03. The highest BCUT2D eigenvalue weighted by Crippen LogP contribution is 2.12. The van der Waals surface area contributed by atoms with Gasteiger partial charge in [-0.1, -0.05) is 12.1 Å². The van der Waals surface area contributed by atoms with Gasteiger partial charge in [0.15, 0.2) is 5.11 Å². The maximum atomic E-state index is 4.94. The summed E-state index contributed by atoms with van der Waals surface area (Å²) in [7, 11) is 5.79. The predicted molar refractivity (Wildman–Crippen MR) is 77.8 cm³/mol. The first-order valence-corrected chi connectivity index (χ1v) is 5.75. The molecule has 0 aliphatic rings. The number of anilines is 1. The Morgan fingerprint density at radius 1 is 1.24 bits per heavy atom. The van der Waals surface area contributed by atoms with Crippen molar-refractivity contribution in [3.63, 3.8) is 0 Å². The van der Waals surface area contributed by atoms with Gasteiger partial charge in [-0.25, -0.2) is 0 Å². The Morgan fingerprint density at radius 2 is 1.82 bits per heavy atom. The quantitative estimate of drug-likeness (QED) is 0.485. The summed E-state index contributed by atoms with van der Waals surface area (Å²) in [5.74, 6) is 0. The van der Waals surface area contributed by atoms with Crippen LogP contribution in [0.5, 0.6) is 0 Å². The molecule has 0 radical (unpaired) electrons. The van der Waals surface area contributed by atoms with Crippen molar-refractivity contribution >= 4 is 28.7 Å². The predicted octanol–water partition coefficient (Wildman–Crippen LogP) is 1.57. The van der Waals surface area contributed by atoms with Gasteiger partial charge in [0, 0.05) is 26.8 Å². The van der Waals surface area contributed by atoms with Crippen molar-refractivity contribution in [2.45, 2.75) is 6.92 Å². The molecule has 4 nitrogen and oxygen atoms in total. The molecule has 0 saturated heterocycles. The van der Waals surface area contributed by atoms with Crippen LogP contribution in [0.25, 0.3) is 0 Å². The molecule has 0 unspecified atom stereocenters. The van der Waals surface area contributed by atoms with Crippen molar-refractivity contribution < 1.29 is 0 Å². The summed E-state index contributed by atoms with van der Waals surface area (Å²) in [4.78, 5) is 2.06. The van der Waals surface area contributed by atoms with Crippen molar-refractivity contribution in [2.75, 3.05) is 26.0 Å². The average Bonchev–Trinajstić information content (AvgIpc) is 2.35. The van der Waals surface area contributed by atoms with Crippen molar-refractivity contribution in [3.05, 3.63) is 29.8 Å². The molecule has 0 saturated carbocycles. The first-order chi connectivity index (χ1) is 8.04. The van der Waals surface area contributed by atoms with Gasteiger partial charge in [-0.3, -0.25) is 5.43 Å². The van der Waals surface area contributed by atoms with Gasteiger partial charge in [0.25, 0.3) is 0 Å². The second-order valence-electron chi connectivity index (χ2n) is 3.83. The van der Waals surface area contributed by atoms with E-state index in [4.69, 9.17) is 12.2 Å². The van der Waals surface area contributed by atoms with Gasteiger partial charge in [-0.05, 0) is 36.8 Å². The Morgan fingerprint density at radius 3 is 2.29 bits per heavy atom. The number of nitrogens with one attached hydrogen (secondary N) is 2. The Balaban J connectivity index is 2.75. The highest BCUT2D eigenvalue weighted by molar-refractivity contribution is 7.80. The number of rotatable bonds is 3. The third-order valence-corrected chi connectivity index (χ3v) is 2.65. The molecule has 0 aliphatic carbocycles. The van der Waals surface area contributed by atoms with Crippen molar-refractivity contribution in [1.82, 2.24) is 10.7 Å². The molecule has 5 heteroatoms. The lowest BCUT2D eigenvalue weighted by molar-refractivity contribution is 0.974. The molecule has 1 aromatic carbocycles. The number of thiocarbonyl (C=S) groups is 1. The van der Waals surface area contributed by atoms with Crippen LogP contribution in [0, 0.1) is 0 Å². The van der Waals surface area contributed by atoms with E-state index >= 15 is 0 Å². The van der Waals surface area contributed by atoms with E-state index in [0.717, 1.165) is 11.3 Å². The van der Waals surface area contributed by atoms with Crippen LogP contribution in [0.4, 0.5) is 5.69 Å². The van der Waals surface area contributed by atoms with E-state index in [0.29, 0.717) is 5.11 Å². The molecule has 0 atom stereocenters. The summed E-state index contributed by atoms with van der Waals surface area (Å²) in [6, 6.07) is 8.20. The van der Waals surface area contributed by atoms with E-state index in [1.165, 1.54) is 5.69 Å². The van der Waals surface area contributed by atoms with E-state index in [1.807, 2.05) is 33.2 Å². The molecule has 17 heavy (non-hydrogen) atoms. The van der Waals surface area contributed by atoms with Gasteiger partial charge in [-0.15, -0.1) is 0 Å². The molecular weight excluding hydrogens is 232 g/mol. The van der Waals surface area contributed by atoms with E-state index in [-0.39, 0.29) is 0 Å². The fourth-order valence-corrected chi connectivity index (χ4v) is 1.30. The molecule has 0 aromatic heterocycles. The van der Waals surface area contributed by atoms with E-state index in [9.17, 15) is 0 Å². The lowest BCUT2D eigenvalue weighted by atomic mass is 10.1. The van der Waals surface area contributed by atoms with Crippen molar-refractivity contribution in [2.24, 2.45) is 5.10 Å². The van der Waals surface area contributed by atoms with Gasteiger partial charge < -0.3 is 10.2 Å². The van der Waals surface area contributed by atoms with Crippen LogP contribution in [0.15, 0.2) is 29.4 Å². The highest BCUT2D eigenvalue weighted by atomic mass is 32.1. The Labute approximate surface area is 108 Å². The number of hydrogen-bond donors (Lipinski definition) is 2. The number of benzene rings is 1. The summed E-state index contributed by atoms with van der Waals surface area (Å²) in [6.45, 7) is 1.94. The van der Waals surface area contributed by atoms with Gasteiger partial charge in [0.1, 0.15) is 0 Å². The molecule has 0 amide bonds. The molecule has 0 aliphatic heterocycles. The Hall–Kier alpha value is -1.62. The molecule has 0 heterocycles. The average molecular weight is 250 g/mol. The van der Waals surface area contributed by atoms with Crippen LogP contribution >= 0.6 is 12.2 Å². The van der Waals surface area contributed by atoms with E-state index < -0.39 is 0 Å². The van der Waals surface area contributed by atoms with Crippen LogP contribution in [0.2, 0.25) is 0 Å². The summed E-state index contributed by atoms with van der Waals surface area (Å²) in [6.07, 6.45) is 0. The minimum atomic E-state index is 0.509. The molecule has 0 spiro atoms. The molecule has 1 rings (SSSR count). The van der Waals surface area contributed by atoms with E-state index in [2.05, 4.69) is 32.9 Å². The lowest BCUT2D eigenvalue weighted by Gasteiger charge is -2.12. The second-order valence-corrected chi connectivity index (χ2v) is 4.24. The largest absolute Gasteiger partial charge is 0.378 e. The smallest absolute Gasteiger partial charge is 0.186 e. The number of hydrazone groups is 1. The molecular formula is C12H18N4S. The molecule has 1 aromatic rings. The molecule has 0 fully saturated rings. The van der Waals surface area contributed by atoms with Gasteiger partial charge in [-0.2, -0.15) is 5.10 Å². The van der Waals surface area contributed by atoms with Crippen LogP contribution in [0.3, 0.4) is 0 Å².